The molecule has 2 N–H and O–H groups in total. The number of carbonyl (C=O) groups is 1. The molecule has 0 saturated carbocycles. The molecule has 0 radical (unpaired) electrons. The van der Waals surface area contributed by atoms with E-state index in [1.165, 1.54) is 30.6 Å². The van der Waals surface area contributed by atoms with Gasteiger partial charge in [0, 0.05) is 24.5 Å². The van der Waals surface area contributed by atoms with Gasteiger partial charge in [0.05, 0.1) is 16.6 Å². The van der Waals surface area contributed by atoms with E-state index < -0.39 is 40.1 Å². The highest BCUT2D eigenvalue weighted by molar-refractivity contribution is 7.77. The zero-order valence-corrected chi connectivity index (χ0v) is 15.1. The van der Waals surface area contributed by atoms with Crippen molar-refractivity contribution in [3.63, 3.8) is 0 Å². The number of aryl methyl sites for hydroxylation is 1. The Hall–Kier alpha value is -2.69. The van der Waals surface area contributed by atoms with Crippen molar-refractivity contribution in [2.45, 2.75) is 12.8 Å². The Labute approximate surface area is 160 Å². The van der Waals surface area contributed by atoms with Crippen molar-refractivity contribution in [2.24, 2.45) is 0 Å². The maximum atomic E-state index is 14.8. The third-order valence-corrected chi connectivity index (χ3v) is 4.49. The summed E-state index contributed by atoms with van der Waals surface area (Å²) < 4.78 is 64.3. The van der Waals surface area contributed by atoms with E-state index in [1.807, 2.05) is 0 Å². The summed E-state index contributed by atoms with van der Waals surface area (Å²) in [5, 5.41) is 0. The van der Waals surface area contributed by atoms with Crippen LogP contribution in [0, 0.1) is 17.5 Å². The summed E-state index contributed by atoms with van der Waals surface area (Å²) in [5.74, 6) is -5.09. The van der Waals surface area contributed by atoms with Gasteiger partial charge >= 0.3 is 0 Å². The lowest BCUT2D eigenvalue weighted by molar-refractivity contribution is 0.102. The van der Waals surface area contributed by atoms with E-state index in [2.05, 4.69) is 14.7 Å². The summed E-state index contributed by atoms with van der Waals surface area (Å²) in [4.78, 5) is 20.8. The maximum Gasteiger partial charge on any atom is 0.231 e. The minimum atomic E-state index is -2.23. The topological polar surface area (TPSA) is 92.2 Å². The van der Waals surface area contributed by atoms with Crippen molar-refractivity contribution in [2.75, 3.05) is 6.54 Å². The van der Waals surface area contributed by atoms with Crippen molar-refractivity contribution in [3.05, 3.63) is 70.8 Å². The van der Waals surface area contributed by atoms with Crippen molar-refractivity contribution in [3.8, 4) is 0 Å². The Balaban J connectivity index is 1.94. The zero-order chi connectivity index (χ0) is 20.3. The molecule has 146 valence electrons. The summed E-state index contributed by atoms with van der Waals surface area (Å²) in [6.07, 6.45) is 2.99. The fraction of sp³-hybridized carbons (Fsp3) is 0.167. The molecule has 2 aromatic carbocycles. The highest BCUT2D eigenvalue weighted by Crippen LogP contribution is 2.25. The van der Waals surface area contributed by atoms with Crippen LogP contribution in [0.15, 0.2) is 36.7 Å². The average molecular weight is 409 g/mol. The van der Waals surface area contributed by atoms with Crippen LogP contribution < -0.4 is 4.72 Å². The number of rotatable bonds is 7. The van der Waals surface area contributed by atoms with Gasteiger partial charge in [0.2, 0.25) is 11.3 Å². The van der Waals surface area contributed by atoms with Crippen molar-refractivity contribution < 1.29 is 26.7 Å². The number of aromatic nitrogens is 2. The van der Waals surface area contributed by atoms with Gasteiger partial charge in [-0.3, -0.25) is 19.3 Å². The van der Waals surface area contributed by atoms with E-state index in [0.717, 1.165) is 0 Å². The van der Waals surface area contributed by atoms with E-state index >= 15 is 0 Å². The Morgan fingerprint density at radius 1 is 1.07 bits per heavy atom. The summed E-state index contributed by atoms with van der Waals surface area (Å²) in [6, 6.07) is 4.83. The standard InChI is InChI=1S/C18H14F3N3O3S/c19-12-8-10(2-1-5-24-28(26)27)16(20)15(17(12)21)18(25)11-3-4-13-14(9-11)23-7-6-22-13/h3-4,6-9,24H,1-2,5H2,(H,26,27). The number of nitrogens with zero attached hydrogens (tertiary/aromatic N) is 2. The van der Waals surface area contributed by atoms with Gasteiger partial charge in [0.1, 0.15) is 5.82 Å². The van der Waals surface area contributed by atoms with E-state index in [-0.39, 0.29) is 30.5 Å². The van der Waals surface area contributed by atoms with Gasteiger partial charge in [-0.1, -0.05) is 0 Å². The first-order valence-corrected chi connectivity index (χ1v) is 9.25. The van der Waals surface area contributed by atoms with Crippen molar-refractivity contribution in [1.82, 2.24) is 14.7 Å². The molecule has 1 heterocycles. The Bertz CT molecular complexity index is 1080. The SMILES string of the molecule is O=C(c1ccc2nccnc2c1)c1c(F)c(F)cc(CCCNS(=O)O)c1F. The number of hydrogen-bond acceptors (Lipinski definition) is 4. The Morgan fingerprint density at radius 2 is 1.79 bits per heavy atom. The van der Waals surface area contributed by atoms with Gasteiger partial charge in [-0.2, -0.15) is 0 Å². The zero-order valence-electron chi connectivity index (χ0n) is 14.3. The highest BCUT2D eigenvalue weighted by atomic mass is 32.2. The first kappa shape index (κ1) is 20.1. The number of carbonyl (C=O) groups excluding carboxylic acids is 1. The van der Waals surface area contributed by atoms with Crippen molar-refractivity contribution in [1.29, 1.82) is 0 Å². The van der Waals surface area contributed by atoms with Gasteiger partial charge in [0.15, 0.2) is 17.4 Å². The van der Waals surface area contributed by atoms with Crippen LogP contribution in [0.5, 0.6) is 0 Å². The van der Waals surface area contributed by atoms with Gasteiger partial charge in [-0.05, 0) is 42.7 Å². The fourth-order valence-electron chi connectivity index (χ4n) is 2.72. The summed E-state index contributed by atoms with van der Waals surface area (Å²) in [6.45, 7) is 0.0498. The summed E-state index contributed by atoms with van der Waals surface area (Å²) in [5.41, 5.74) is -0.396. The van der Waals surface area contributed by atoms with E-state index in [0.29, 0.717) is 17.1 Å². The first-order chi connectivity index (χ1) is 13.4. The largest absolute Gasteiger partial charge is 0.294 e. The summed E-state index contributed by atoms with van der Waals surface area (Å²) >= 11 is -2.23. The second-order valence-corrected chi connectivity index (χ2v) is 6.64. The molecule has 0 spiro atoms. The predicted molar refractivity (Wildman–Crippen MR) is 96.4 cm³/mol. The molecule has 0 aliphatic heterocycles. The summed E-state index contributed by atoms with van der Waals surface area (Å²) in [7, 11) is 0. The number of fused-ring (bicyclic) bond motifs is 1. The van der Waals surface area contributed by atoms with Crippen LogP contribution in [0.1, 0.15) is 27.9 Å². The molecule has 28 heavy (non-hydrogen) atoms. The third-order valence-electron chi connectivity index (χ3n) is 4.04. The predicted octanol–water partition coefficient (Wildman–Crippen LogP) is 2.94. The molecule has 10 heteroatoms. The minimum Gasteiger partial charge on any atom is -0.294 e. The Morgan fingerprint density at radius 3 is 2.50 bits per heavy atom. The lowest BCUT2D eigenvalue weighted by Crippen LogP contribution is -2.18. The van der Waals surface area contributed by atoms with Crippen LogP contribution >= 0.6 is 0 Å². The molecule has 1 aromatic heterocycles. The molecule has 1 unspecified atom stereocenters. The lowest BCUT2D eigenvalue weighted by Gasteiger charge is -2.11. The molecule has 3 aromatic rings. The second kappa shape index (κ2) is 8.55. The van der Waals surface area contributed by atoms with E-state index in [1.54, 1.807) is 0 Å². The van der Waals surface area contributed by atoms with Gasteiger partial charge in [-0.25, -0.2) is 22.1 Å². The number of benzene rings is 2. The molecule has 0 saturated heterocycles. The highest BCUT2D eigenvalue weighted by Gasteiger charge is 2.25. The van der Waals surface area contributed by atoms with Crippen LogP contribution in [-0.4, -0.2) is 31.1 Å². The van der Waals surface area contributed by atoms with Gasteiger partial charge in [-0.15, -0.1) is 0 Å². The first-order valence-electron chi connectivity index (χ1n) is 8.14. The lowest BCUT2D eigenvalue weighted by atomic mass is 9.97. The van der Waals surface area contributed by atoms with Crippen LogP contribution in [-0.2, 0) is 17.7 Å². The molecule has 0 bridgehead atoms. The van der Waals surface area contributed by atoms with Crippen LogP contribution in [0.3, 0.4) is 0 Å². The van der Waals surface area contributed by atoms with E-state index in [4.69, 9.17) is 4.55 Å². The van der Waals surface area contributed by atoms with Crippen molar-refractivity contribution >= 4 is 28.1 Å². The molecule has 0 fully saturated rings. The molecular weight excluding hydrogens is 395 g/mol. The van der Waals surface area contributed by atoms with E-state index in [9.17, 15) is 22.2 Å². The molecule has 0 aliphatic carbocycles. The third kappa shape index (κ3) is 4.24. The monoisotopic (exact) mass is 409 g/mol. The average Bonchev–Trinajstić information content (AvgIpc) is 2.68. The van der Waals surface area contributed by atoms with Gasteiger partial charge in [0.25, 0.3) is 0 Å². The molecule has 6 nitrogen and oxygen atoms in total. The fourth-order valence-corrected chi connectivity index (χ4v) is 3.04. The molecule has 0 aliphatic rings. The van der Waals surface area contributed by atoms with Crippen LogP contribution in [0.2, 0.25) is 0 Å². The Kier molecular flexibility index (Phi) is 6.12. The second-order valence-electron chi connectivity index (χ2n) is 5.86. The molecule has 1 atom stereocenters. The smallest absolute Gasteiger partial charge is 0.231 e. The number of nitrogens with one attached hydrogen (secondary N) is 1. The molecule has 0 amide bonds. The number of ketones is 1. The van der Waals surface area contributed by atoms with Crippen LogP contribution in [0.25, 0.3) is 11.0 Å². The number of hydrogen-bond donors (Lipinski definition) is 2. The normalized spacial score (nSPS) is 12.3. The van der Waals surface area contributed by atoms with Crippen LogP contribution in [0.4, 0.5) is 13.2 Å². The maximum absolute atomic E-state index is 14.8. The molecular formula is C18H14F3N3O3S. The molecule has 3 rings (SSSR count). The van der Waals surface area contributed by atoms with Gasteiger partial charge < -0.3 is 0 Å². The minimum absolute atomic E-state index is 0.0498. The quantitative estimate of drug-likeness (QED) is 0.271. The number of halogens is 3.